The fraction of sp³-hybridized carbons (Fsp3) is 0.143. The highest BCUT2D eigenvalue weighted by Gasteiger charge is 2.15. The summed E-state index contributed by atoms with van der Waals surface area (Å²) in [6.07, 6.45) is 1.93. The molecule has 3 nitrogen and oxygen atoms in total. The molecule has 2 heterocycles. The van der Waals surface area contributed by atoms with E-state index >= 15 is 0 Å². The monoisotopic (exact) mass is 288 g/mol. The van der Waals surface area contributed by atoms with E-state index in [9.17, 15) is 4.79 Å². The zero-order valence-corrected chi connectivity index (χ0v) is 12.0. The first-order chi connectivity index (χ1) is 9.20. The predicted octanol–water partition coefficient (Wildman–Crippen LogP) is 3.28. The lowest BCUT2D eigenvalue weighted by Gasteiger charge is -1.97. The summed E-state index contributed by atoms with van der Waals surface area (Å²) >= 11 is 3.10. The van der Waals surface area contributed by atoms with Gasteiger partial charge in [-0.05, 0) is 6.92 Å². The molecule has 96 valence electrons. The Bertz CT molecular complexity index is 644. The van der Waals surface area contributed by atoms with Gasteiger partial charge in [0.25, 0.3) is 0 Å². The van der Waals surface area contributed by atoms with E-state index in [1.54, 1.807) is 11.3 Å². The molecule has 0 unspecified atom stereocenters. The average molecular weight is 288 g/mol. The zero-order valence-electron chi connectivity index (χ0n) is 10.3. The molecule has 1 aliphatic heterocycles. The van der Waals surface area contributed by atoms with Crippen molar-refractivity contribution >= 4 is 35.1 Å². The third kappa shape index (κ3) is 2.88. The topological polar surface area (TPSA) is 42.0 Å². The lowest BCUT2D eigenvalue weighted by Crippen LogP contribution is -2.13. The summed E-state index contributed by atoms with van der Waals surface area (Å²) in [6.45, 7) is 2.07. The van der Waals surface area contributed by atoms with Gasteiger partial charge in [0.1, 0.15) is 5.01 Å². The van der Waals surface area contributed by atoms with Gasteiger partial charge in [0.05, 0.1) is 16.5 Å². The van der Waals surface area contributed by atoms with Crippen LogP contribution < -0.4 is 5.32 Å². The van der Waals surface area contributed by atoms with Crippen LogP contribution in [0.25, 0.3) is 17.3 Å². The first kappa shape index (κ1) is 12.4. The molecule has 1 amide bonds. The van der Waals surface area contributed by atoms with Gasteiger partial charge in [-0.1, -0.05) is 41.6 Å². The zero-order chi connectivity index (χ0) is 13.2. The van der Waals surface area contributed by atoms with Crippen LogP contribution in [0.4, 0.5) is 0 Å². The molecule has 2 aromatic rings. The van der Waals surface area contributed by atoms with E-state index in [2.05, 4.69) is 41.5 Å². The van der Waals surface area contributed by atoms with Crippen LogP contribution in [0.3, 0.4) is 0 Å². The van der Waals surface area contributed by atoms with Gasteiger partial charge in [0.2, 0.25) is 5.91 Å². The second kappa shape index (κ2) is 5.19. The van der Waals surface area contributed by atoms with E-state index in [1.807, 2.05) is 11.5 Å². The molecule has 0 bridgehead atoms. The van der Waals surface area contributed by atoms with Crippen LogP contribution in [0.1, 0.15) is 10.6 Å². The Hall–Kier alpha value is -1.59. The Morgan fingerprint density at radius 3 is 2.79 bits per heavy atom. The molecule has 1 saturated heterocycles. The second-order valence-corrected chi connectivity index (χ2v) is 6.19. The normalized spacial score (nSPS) is 16.9. The number of aryl methyl sites for hydroxylation is 1. The summed E-state index contributed by atoms with van der Waals surface area (Å²) in [6, 6.07) is 8.32. The van der Waals surface area contributed by atoms with Crippen LogP contribution >= 0.6 is 23.1 Å². The van der Waals surface area contributed by atoms with Crippen molar-refractivity contribution in [2.75, 3.05) is 5.75 Å². The third-order valence-corrected chi connectivity index (χ3v) is 4.47. The molecule has 1 fully saturated rings. The standard InChI is InChI=1S/C14H12N2OS2/c1-9-2-4-10(5-3-9)11-7-18-13(15-11)6-14-16-12(17)8-19-14/h2-7H,8H2,1H3,(H,16,17). The molecule has 3 rings (SSSR count). The Morgan fingerprint density at radius 2 is 2.11 bits per heavy atom. The number of amides is 1. The Morgan fingerprint density at radius 1 is 1.32 bits per heavy atom. The first-order valence-corrected chi connectivity index (χ1v) is 7.74. The minimum atomic E-state index is 0.0616. The highest BCUT2D eigenvalue weighted by atomic mass is 32.2. The maximum absolute atomic E-state index is 11.1. The number of hydrogen-bond acceptors (Lipinski definition) is 4. The lowest BCUT2D eigenvalue weighted by atomic mass is 10.1. The molecule has 0 atom stereocenters. The van der Waals surface area contributed by atoms with Crippen LogP contribution in [-0.4, -0.2) is 16.6 Å². The number of nitrogens with zero attached hydrogens (tertiary/aromatic N) is 1. The Labute approximate surface area is 119 Å². The van der Waals surface area contributed by atoms with Gasteiger partial charge in [-0.15, -0.1) is 11.3 Å². The van der Waals surface area contributed by atoms with Crippen LogP contribution in [-0.2, 0) is 4.79 Å². The van der Waals surface area contributed by atoms with Crippen molar-refractivity contribution in [3.8, 4) is 11.3 Å². The van der Waals surface area contributed by atoms with E-state index < -0.39 is 0 Å². The predicted molar refractivity (Wildman–Crippen MR) is 80.9 cm³/mol. The quantitative estimate of drug-likeness (QED) is 0.922. The molecule has 1 N–H and O–H groups in total. The maximum atomic E-state index is 11.1. The summed E-state index contributed by atoms with van der Waals surface area (Å²) in [4.78, 5) is 15.7. The van der Waals surface area contributed by atoms with Gasteiger partial charge in [-0.3, -0.25) is 4.79 Å². The molecule has 0 spiro atoms. The lowest BCUT2D eigenvalue weighted by molar-refractivity contribution is -0.117. The maximum Gasteiger partial charge on any atom is 0.235 e. The summed E-state index contributed by atoms with van der Waals surface area (Å²) in [7, 11) is 0. The van der Waals surface area contributed by atoms with Crippen molar-refractivity contribution in [1.82, 2.24) is 10.3 Å². The van der Waals surface area contributed by atoms with Crippen molar-refractivity contribution in [3.63, 3.8) is 0 Å². The molecule has 0 radical (unpaired) electrons. The molecule has 1 aromatic heterocycles. The fourth-order valence-electron chi connectivity index (χ4n) is 1.75. The SMILES string of the molecule is Cc1ccc(-c2csc(C=C3NC(=O)CS3)n2)cc1. The van der Waals surface area contributed by atoms with Gasteiger partial charge in [0.15, 0.2) is 0 Å². The van der Waals surface area contributed by atoms with E-state index in [-0.39, 0.29) is 5.91 Å². The number of carbonyl (C=O) groups is 1. The number of carbonyl (C=O) groups excluding carboxylic acids is 1. The Kier molecular flexibility index (Phi) is 3.40. The molecular formula is C14H12N2OS2. The molecule has 0 saturated carbocycles. The number of aromatic nitrogens is 1. The number of nitrogens with one attached hydrogen (secondary N) is 1. The first-order valence-electron chi connectivity index (χ1n) is 5.87. The van der Waals surface area contributed by atoms with Gasteiger partial charge in [-0.2, -0.15) is 0 Å². The summed E-state index contributed by atoms with van der Waals surface area (Å²) in [5.41, 5.74) is 3.34. The van der Waals surface area contributed by atoms with Gasteiger partial charge >= 0.3 is 0 Å². The average Bonchev–Trinajstić information content (AvgIpc) is 3.00. The van der Waals surface area contributed by atoms with Crippen molar-refractivity contribution in [3.05, 3.63) is 45.2 Å². The molecule has 1 aliphatic rings. The number of thiazole rings is 1. The molecule has 5 heteroatoms. The minimum absolute atomic E-state index is 0.0616. The molecule has 0 aliphatic carbocycles. The van der Waals surface area contributed by atoms with Crippen LogP contribution in [0.15, 0.2) is 34.7 Å². The summed E-state index contributed by atoms with van der Waals surface area (Å²) < 4.78 is 0. The van der Waals surface area contributed by atoms with Gasteiger partial charge in [0, 0.05) is 17.0 Å². The summed E-state index contributed by atoms with van der Waals surface area (Å²) in [5.74, 6) is 0.564. The highest BCUT2D eigenvalue weighted by Crippen LogP contribution is 2.26. The third-order valence-electron chi connectivity index (χ3n) is 2.75. The van der Waals surface area contributed by atoms with Gasteiger partial charge < -0.3 is 5.32 Å². The highest BCUT2D eigenvalue weighted by molar-refractivity contribution is 8.04. The molecular weight excluding hydrogens is 276 g/mol. The largest absolute Gasteiger partial charge is 0.320 e. The fourth-order valence-corrected chi connectivity index (χ4v) is 3.33. The van der Waals surface area contributed by atoms with Crippen LogP contribution in [0.2, 0.25) is 0 Å². The van der Waals surface area contributed by atoms with E-state index in [0.717, 1.165) is 21.3 Å². The summed E-state index contributed by atoms with van der Waals surface area (Å²) in [5, 5.41) is 6.65. The van der Waals surface area contributed by atoms with E-state index in [4.69, 9.17) is 0 Å². The van der Waals surface area contributed by atoms with Crippen molar-refractivity contribution in [2.45, 2.75) is 6.92 Å². The minimum Gasteiger partial charge on any atom is -0.320 e. The smallest absolute Gasteiger partial charge is 0.235 e. The van der Waals surface area contributed by atoms with Crippen molar-refractivity contribution < 1.29 is 4.79 Å². The van der Waals surface area contributed by atoms with E-state index in [1.165, 1.54) is 17.3 Å². The number of hydrogen-bond donors (Lipinski definition) is 1. The van der Waals surface area contributed by atoms with Gasteiger partial charge in [-0.25, -0.2) is 4.98 Å². The second-order valence-electron chi connectivity index (χ2n) is 4.28. The number of thioether (sulfide) groups is 1. The van der Waals surface area contributed by atoms with E-state index in [0.29, 0.717) is 5.75 Å². The van der Waals surface area contributed by atoms with Crippen molar-refractivity contribution in [2.24, 2.45) is 0 Å². The molecule has 1 aromatic carbocycles. The number of benzene rings is 1. The van der Waals surface area contributed by atoms with Crippen molar-refractivity contribution in [1.29, 1.82) is 0 Å². The van der Waals surface area contributed by atoms with Crippen LogP contribution in [0.5, 0.6) is 0 Å². The number of rotatable bonds is 2. The molecule has 19 heavy (non-hydrogen) atoms. The van der Waals surface area contributed by atoms with Crippen LogP contribution in [0, 0.1) is 6.92 Å². The Balaban J connectivity index is 1.83.